The monoisotopic (exact) mass is 2520 g/mol. The van der Waals surface area contributed by atoms with Gasteiger partial charge in [-0.05, 0) is 0 Å². The van der Waals surface area contributed by atoms with Gasteiger partial charge >= 0.3 is 21.1 Å². The molecule has 0 aliphatic heterocycles. The summed E-state index contributed by atoms with van der Waals surface area (Å²) in [4.78, 5) is 0. The molecule has 0 amide bonds. The van der Waals surface area contributed by atoms with Gasteiger partial charge in [-0.2, -0.15) is 92.6 Å². The molecule has 0 aromatic heterocycles. The first kappa shape index (κ1) is 213. The molecule has 0 saturated carbocycles. The van der Waals surface area contributed by atoms with Crippen LogP contribution in [0, 0.1) is 154 Å². The molecule has 4 rings (SSSR count). The Morgan fingerprint density at radius 2 is 0.515 bits per heavy atom. The molecule has 0 nitrogen and oxygen atoms in total. The van der Waals surface area contributed by atoms with Crippen molar-refractivity contribution in [3.8, 4) is 0 Å². The van der Waals surface area contributed by atoms with E-state index in [1.165, 1.54) is 42.5 Å². The number of allylic oxidation sites excluding steroid dienone is 10. The van der Waals surface area contributed by atoms with Crippen LogP contribution in [0.3, 0.4) is 0 Å². The van der Waals surface area contributed by atoms with Gasteiger partial charge in [0.1, 0.15) is 0 Å². The van der Waals surface area contributed by atoms with Crippen LogP contribution < -0.4 is 0 Å². The zero-order valence-corrected chi connectivity index (χ0v) is 105. The van der Waals surface area contributed by atoms with E-state index in [4.69, 9.17) is 39.5 Å². The second kappa shape index (κ2) is 305. The average molecular weight is 2520 g/mol. The van der Waals surface area contributed by atoms with Crippen molar-refractivity contribution >= 4 is 24.3 Å². The Labute approximate surface area is 938 Å². The number of rotatable bonds is 10. The second-order valence-corrected chi connectivity index (χ2v) is 10.4. The van der Waals surface area contributed by atoms with Crippen molar-refractivity contribution in [2.75, 3.05) is 0 Å². The van der Waals surface area contributed by atoms with E-state index >= 15 is 0 Å². The van der Waals surface area contributed by atoms with E-state index in [1.807, 2.05) is 274 Å². The van der Waals surface area contributed by atoms with Crippen molar-refractivity contribution in [1.29, 1.82) is 0 Å². The summed E-state index contributed by atoms with van der Waals surface area (Å²) in [6.45, 7) is 122. The zero-order valence-electron chi connectivity index (χ0n) is 68.1. The van der Waals surface area contributed by atoms with Crippen LogP contribution in [-0.4, -0.2) is 0 Å². The zero-order chi connectivity index (χ0) is 71.5. The summed E-state index contributed by atoms with van der Waals surface area (Å²) in [6, 6.07) is 39.6. The van der Waals surface area contributed by atoms with E-state index in [0.29, 0.717) is 0 Å². The maximum absolute atomic E-state index is 5.29. The first-order valence-electron chi connectivity index (χ1n) is 30.6. The van der Waals surface area contributed by atoms with E-state index < -0.39 is 0 Å². The van der Waals surface area contributed by atoms with Gasteiger partial charge < -0.3 is 163 Å². The van der Waals surface area contributed by atoms with Gasteiger partial charge in [0.15, 0.2) is 0 Å². The summed E-state index contributed by atoms with van der Waals surface area (Å²) >= 11 is 0. The Kier molecular flexibility index (Phi) is 658. The topological polar surface area (TPSA) is 0 Å². The number of hydrogen-bond acceptors (Lipinski definition) is 0. The summed E-state index contributed by atoms with van der Waals surface area (Å²) in [6.07, 6.45) is 27.8. The van der Waals surface area contributed by atoms with Crippen LogP contribution in [0.5, 0.6) is 0 Å². The summed E-state index contributed by atoms with van der Waals surface area (Å²) in [5.41, 5.74) is 4.92. The molecule has 551 valence electrons. The molecule has 4 aromatic rings. The van der Waals surface area contributed by atoms with Gasteiger partial charge in [-0.3, -0.25) is 12.7 Å². The van der Waals surface area contributed by atoms with Crippen molar-refractivity contribution in [2.45, 2.75) is 191 Å². The molecule has 0 heterocycles. The summed E-state index contributed by atoms with van der Waals surface area (Å²) in [7, 11) is 0. The standard InChI is InChI=1S/2C9H8.2C8H6.C6H10.C5H8.3C4H6.2C3H4.11C2H6.CH3.2W.11Y/c1-3-9-7-5-4-6-8(9)2;1-2-6-9-7-4-3-5-8-9;2*1-2-8-6-4-3-5-7-8;1-3-5-6-4-2;1-3-5-4-2;3*1-3-4-2;2*1-3-2;11*1-2;;;;;;;;;;;;;;/h1,3-7H,2H2;2-7H,1H2;2*1-6H;5-6H,1-4H2;3,5H,1-2,4H2;3*1,3H,2,4H2;2*1,3H,2H2;11*1-2H3;1H3;;;;;;;;;;;;;/q11*-2;;;;;;;;;;;;-1;;+2;;;;;;;;;;;. The molecule has 0 saturated heterocycles. The van der Waals surface area contributed by atoms with E-state index in [2.05, 4.69) is 108 Å². The SMILES string of the molecule is CC.CC.CC.CC.CC.CC.CC.CC.CC.CC.CC.[CH-]=CC[CH2-].[CH-]=CC[CH2-].[CH-]=CC[CH2-].[CH-]=C[CH2-].[CH-]=C[CH2-].[CH-]=Cc1[c-]cccc1.[CH-]=Cc1[c-]cccc1.[CH-]=Cc1ccccc1[CH2-].[CH2-]C=CC[CH2-].[CH2-]C=Cc1[c-]cccc1.[CH2-]CC=CC[CH2-].[CH3-].[W+2].[W].[Y].[Y].[Y].[Y].[Y].[Y].[Y].[Y].[Y].[Y].[Y]. The Morgan fingerprint density at radius 1 is 0.313 bits per heavy atom. The van der Waals surface area contributed by atoms with Crippen LogP contribution in [0.2, 0.25) is 0 Å². The molecule has 0 bridgehead atoms. The van der Waals surface area contributed by atoms with Crippen LogP contribution >= 0.6 is 0 Å². The molecule has 0 spiro atoms. The molecule has 4 aromatic carbocycles. The van der Waals surface area contributed by atoms with Gasteiger partial charge in [-0.15, -0.1) is 72.3 Å². The van der Waals surface area contributed by atoms with Crippen LogP contribution in [-0.2, 0) is 402 Å². The Bertz CT molecular complexity index is 1570. The minimum Gasteiger partial charge on any atom is -0.549 e. The number of hydrogen-bond donors (Lipinski definition) is 0. The third kappa shape index (κ3) is 320. The average Bonchev–Trinajstić information content (AvgIpc) is 3.61. The van der Waals surface area contributed by atoms with Gasteiger partial charge in [0.25, 0.3) is 0 Å². The molecular weight excluding hydrogens is 2380 g/mol. The first-order valence-corrected chi connectivity index (χ1v) is 30.6. The van der Waals surface area contributed by atoms with E-state index in [0.717, 1.165) is 66.3 Å². The first-order chi connectivity index (χ1) is 41.5. The summed E-state index contributed by atoms with van der Waals surface area (Å²) < 4.78 is 0. The van der Waals surface area contributed by atoms with Gasteiger partial charge in [0.05, 0.1) is 0 Å². The molecule has 11 radical (unpaired) electrons. The molecule has 0 N–H and O–H groups in total. The molecule has 0 aliphatic carbocycles. The Morgan fingerprint density at radius 3 is 0.626 bits per heavy atom. The Hall–Kier alpha value is 6.89. The third-order valence-corrected chi connectivity index (χ3v) is 5.42. The predicted octanol–water partition coefficient (Wildman–Crippen LogP) is 29.0. The van der Waals surface area contributed by atoms with Crippen LogP contribution in [0.25, 0.3) is 24.3 Å². The summed E-state index contributed by atoms with van der Waals surface area (Å²) in [5.74, 6) is 0. The van der Waals surface area contributed by atoms with E-state index in [-0.39, 0.29) is 409 Å². The fraction of sp³-hybridized carbons (Fsp3) is 0.326. The van der Waals surface area contributed by atoms with Crippen molar-refractivity contribution in [3.05, 3.63) is 340 Å². The minimum absolute atomic E-state index is 0. The molecule has 99 heavy (non-hydrogen) atoms. The van der Waals surface area contributed by atoms with Crippen molar-refractivity contribution in [2.24, 2.45) is 0 Å². The van der Waals surface area contributed by atoms with Gasteiger partial charge in [-0.1, -0.05) is 158 Å². The molecule has 0 fully saturated rings. The molecule has 0 aliphatic rings. The quantitative estimate of drug-likeness (QED) is 0.110. The fourth-order valence-electron chi connectivity index (χ4n) is 2.71. The van der Waals surface area contributed by atoms with E-state index in [9.17, 15) is 0 Å². The minimum atomic E-state index is 0. The summed E-state index contributed by atoms with van der Waals surface area (Å²) in [5, 5.41) is 0. The normalized spacial score (nSPS) is 5.90. The number of benzene rings is 4. The van der Waals surface area contributed by atoms with Crippen LogP contribution in [0.1, 0.15) is 219 Å². The smallest absolute Gasteiger partial charge is 0.549 e. The van der Waals surface area contributed by atoms with E-state index in [1.54, 1.807) is 18.2 Å². The maximum atomic E-state index is 5.29. The molecule has 0 atom stereocenters. The third-order valence-electron chi connectivity index (χ3n) is 5.42. The van der Waals surface area contributed by atoms with Gasteiger partial charge in [-0.25, -0.2) is 56.7 Å². The van der Waals surface area contributed by atoms with Gasteiger partial charge in [0, 0.05) is 381 Å². The molecular formula is C86H141W2Y11-21. The van der Waals surface area contributed by atoms with Crippen molar-refractivity contribution in [3.63, 3.8) is 0 Å². The van der Waals surface area contributed by atoms with Crippen molar-refractivity contribution in [1.82, 2.24) is 0 Å². The Balaban J connectivity index is -0.0000000161. The largest absolute Gasteiger partial charge is 2.00 e. The van der Waals surface area contributed by atoms with Crippen molar-refractivity contribution < 1.29 is 402 Å². The predicted molar refractivity (Wildman–Crippen MR) is 417 cm³/mol. The van der Waals surface area contributed by atoms with Crippen LogP contribution in [0.15, 0.2) is 158 Å². The maximum Gasteiger partial charge on any atom is 2.00 e. The molecule has 0 unspecified atom stereocenters. The van der Waals surface area contributed by atoms with Crippen LogP contribution in [0.4, 0.5) is 0 Å². The second-order valence-electron chi connectivity index (χ2n) is 10.4. The molecule has 13 heteroatoms. The fourth-order valence-corrected chi connectivity index (χ4v) is 2.71. The van der Waals surface area contributed by atoms with Gasteiger partial charge in [0.2, 0.25) is 0 Å².